The maximum Gasteiger partial charge on any atom is 0.276 e. The predicted octanol–water partition coefficient (Wildman–Crippen LogP) is 2.51. The zero-order valence-electron chi connectivity index (χ0n) is 13.8. The van der Waals surface area contributed by atoms with Crippen LogP contribution in [0.5, 0.6) is 11.5 Å². The summed E-state index contributed by atoms with van der Waals surface area (Å²) in [6.45, 7) is 1.60. The van der Waals surface area contributed by atoms with Crippen molar-refractivity contribution in [2.75, 3.05) is 13.2 Å². The molecule has 2 amide bonds. The Bertz CT molecular complexity index is 719. The Morgan fingerprint density at radius 3 is 2.12 bits per heavy atom. The highest BCUT2D eigenvalue weighted by molar-refractivity contribution is 6.30. The van der Waals surface area contributed by atoms with Crippen LogP contribution >= 0.6 is 11.6 Å². The minimum Gasteiger partial charge on any atom is -0.484 e. The van der Waals surface area contributed by atoms with E-state index >= 15 is 0 Å². The van der Waals surface area contributed by atoms with Crippen LogP contribution in [0.4, 0.5) is 0 Å². The molecule has 132 valence electrons. The molecule has 0 aliphatic carbocycles. The van der Waals surface area contributed by atoms with E-state index in [-0.39, 0.29) is 13.2 Å². The van der Waals surface area contributed by atoms with Crippen molar-refractivity contribution < 1.29 is 19.1 Å². The van der Waals surface area contributed by atoms with Gasteiger partial charge >= 0.3 is 0 Å². The Morgan fingerprint density at radius 1 is 0.920 bits per heavy atom. The molecule has 0 saturated carbocycles. The molecule has 0 radical (unpaired) electrons. The fourth-order valence-corrected chi connectivity index (χ4v) is 2.02. The smallest absolute Gasteiger partial charge is 0.276 e. The van der Waals surface area contributed by atoms with Gasteiger partial charge in [0.1, 0.15) is 11.5 Å². The summed E-state index contributed by atoms with van der Waals surface area (Å²) in [7, 11) is 0. The number of aryl methyl sites for hydroxylation is 1. The minimum absolute atomic E-state index is 0.203. The second-order valence-corrected chi connectivity index (χ2v) is 5.57. The van der Waals surface area contributed by atoms with Crippen LogP contribution in [0.3, 0.4) is 0 Å². The van der Waals surface area contributed by atoms with Crippen LogP contribution < -0.4 is 20.3 Å². The summed E-state index contributed by atoms with van der Waals surface area (Å²) in [5, 5.41) is 0.577. The third kappa shape index (κ3) is 6.73. The van der Waals surface area contributed by atoms with E-state index in [1.807, 2.05) is 25.1 Å². The van der Waals surface area contributed by atoms with E-state index in [2.05, 4.69) is 10.9 Å². The van der Waals surface area contributed by atoms with Crippen molar-refractivity contribution in [3.05, 3.63) is 59.1 Å². The molecule has 2 rings (SSSR count). The maximum absolute atomic E-state index is 11.7. The first kappa shape index (κ1) is 18.6. The van der Waals surface area contributed by atoms with Gasteiger partial charge in [-0.15, -0.1) is 0 Å². The first-order chi connectivity index (χ1) is 12.1. The molecule has 0 spiro atoms. The SMILES string of the molecule is CCc1cccc(OCC(=O)NNC(=O)COc2ccc(Cl)cc2)c1. The molecule has 0 fully saturated rings. The molecular formula is C18H19ClN2O4. The summed E-state index contributed by atoms with van der Waals surface area (Å²) in [5.74, 6) is 0.148. The van der Waals surface area contributed by atoms with Crippen LogP contribution in [0, 0.1) is 0 Å². The number of nitrogens with one attached hydrogen (secondary N) is 2. The zero-order chi connectivity index (χ0) is 18.1. The lowest BCUT2D eigenvalue weighted by Crippen LogP contribution is -2.45. The van der Waals surface area contributed by atoms with Gasteiger partial charge in [0.25, 0.3) is 11.8 Å². The number of halogens is 1. The monoisotopic (exact) mass is 362 g/mol. The van der Waals surface area contributed by atoms with Crippen LogP contribution in [0.2, 0.25) is 5.02 Å². The molecule has 0 saturated heterocycles. The average Bonchev–Trinajstić information content (AvgIpc) is 2.64. The molecule has 7 heteroatoms. The fraction of sp³-hybridized carbons (Fsp3) is 0.222. The second kappa shape index (κ2) is 9.54. The van der Waals surface area contributed by atoms with Gasteiger partial charge in [-0.25, -0.2) is 0 Å². The van der Waals surface area contributed by atoms with Crippen molar-refractivity contribution in [2.24, 2.45) is 0 Å². The molecule has 2 aromatic carbocycles. The zero-order valence-corrected chi connectivity index (χ0v) is 14.5. The minimum atomic E-state index is -0.490. The number of carbonyl (C=O) groups excluding carboxylic acids is 2. The van der Waals surface area contributed by atoms with Gasteiger partial charge in [-0.3, -0.25) is 20.4 Å². The predicted molar refractivity (Wildman–Crippen MR) is 94.5 cm³/mol. The number of amides is 2. The van der Waals surface area contributed by atoms with Crippen LogP contribution in [0.15, 0.2) is 48.5 Å². The summed E-state index contributed by atoms with van der Waals surface area (Å²) in [6.07, 6.45) is 0.882. The van der Waals surface area contributed by atoms with Gasteiger partial charge in [-0.2, -0.15) is 0 Å². The molecule has 0 aromatic heterocycles. The number of hydrazine groups is 1. The molecular weight excluding hydrogens is 344 g/mol. The van der Waals surface area contributed by atoms with Gasteiger partial charge in [-0.05, 0) is 48.4 Å². The standard InChI is InChI=1S/C18H19ClN2O4/c1-2-13-4-3-5-16(10-13)25-12-18(23)21-20-17(22)11-24-15-8-6-14(19)7-9-15/h3-10H,2,11-12H2,1H3,(H,20,22)(H,21,23). The van der Waals surface area contributed by atoms with E-state index < -0.39 is 11.8 Å². The molecule has 0 aliphatic heterocycles. The van der Waals surface area contributed by atoms with Crippen molar-refractivity contribution >= 4 is 23.4 Å². The normalized spacial score (nSPS) is 10.0. The molecule has 25 heavy (non-hydrogen) atoms. The lowest BCUT2D eigenvalue weighted by molar-refractivity contribution is -0.131. The van der Waals surface area contributed by atoms with Crippen LogP contribution in [0.1, 0.15) is 12.5 Å². The Hall–Kier alpha value is -2.73. The topological polar surface area (TPSA) is 76.7 Å². The van der Waals surface area contributed by atoms with E-state index in [9.17, 15) is 9.59 Å². The molecule has 0 aliphatic rings. The van der Waals surface area contributed by atoms with Gasteiger partial charge in [0.15, 0.2) is 13.2 Å². The van der Waals surface area contributed by atoms with E-state index in [1.54, 1.807) is 30.3 Å². The number of hydrogen-bond donors (Lipinski definition) is 2. The summed E-state index contributed by atoms with van der Waals surface area (Å²) >= 11 is 5.76. The van der Waals surface area contributed by atoms with Crippen LogP contribution in [-0.2, 0) is 16.0 Å². The summed E-state index contributed by atoms with van der Waals surface area (Å²) in [6, 6.07) is 14.1. The van der Waals surface area contributed by atoms with Crippen molar-refractivity contribution in [1.29, 1.82) is 0 Å². The Balaban J connectivity index is 1.66. The van der Waals surface area contributed by atoms with Gasteiger partial charge in [0.2, 0.25) is 0 Å². The molecule has 0 bridgehead atoms. The largest absolute Gasteiger partial charge is 0.484 e. The van der Waals surface area contributed by atoms with Crippen LogP contribution in [0.25, 0.3) is 0 Å². The van der Waals surface area contributed by atoms with Gasteiger partial charge in [-0.1, -0.05) is 30.7 Å². The summed E-state index contributed by atoms with van der Waals surface area (Å²) < 4.78 is 10.6. The first-order valence-corrected chi connectivity index (χ1v) is 8.12. The number of carbonyl (C=O) groups is 2. The molecule has 0 atom stereocenters. The van der Waals surface area contributed by atoms with Gasteiger partial charge < -0.3 is 9.47 Å². The van der Waals surface area contributed by atoms with E-state index in [0.29, 0.717) is 16.5 Å². The number of rotatable bonds is 7. The Morgan fingerprint density at radius 2 is 1.52 bits per heavy atom. The van der Waals surface area contributed by atoms with Crippen molar-refractivity contribution in [2.45, 2.75) is 13.3 Å². The van der Waals surface area contributed by atoms with Gasteiger partial charge in [0, 0.05) is 5.02 Å². The van der Waals surface area contributed by atoms with Gasteiger partial charge in [0.05, 0.1) is 0 Å². The molecule has 2 aromatic rings. The molecule has 2 N–H and O–H groups in total. The number of benzene rings is 2. The Kier molecular flexibility index (Phi) is 7.10. The number of ether oxygens (including phenoxy) is 2. The third-order valence-electron chi connectivity index (χ3n) is 3.20. The quantitative estimate of drug-likeness (QED) is 0.742. The number of hydrogen-bond acceptors (Lipinski definition) is 4. The Labute approximate surface area is 151 Å². The third-order valence-corrected chi connectivity index (χ3v) is 3.45. The highest BCUT2D eigenvalue weighted by Crippen LogP contribution is 2.15. The molecule has 0 heterocycles. The first-order valence-electron chi connectivity index (χ1n) is 7.74. The van der Waals surface area contributed by atoms with Crippen molar-refractivity contribution in [3.63, 3.8) is 0 Å². The van der Waals surface area contributed by atoms with E-state index in [1.165, 1.54) is 0 Å². The maximum atomic E-state index is 11.7. The lowest BCUT2D eigenvalue weighted by Gasteiger charge is -2.10. The lowest BCUT2D eigenvalue weighted by atomic mass is 10.2. The van der Waals surface area contributed by atoms with Crippen molar-refractivity contribution in [3.8, 4) is 11.5 Å². The second-order valence-electron chi connectivity index (χ2n) is 5.13. The highest BCUT2D eigenvalue weighted by atomic mass is 35.5. The van der Waals surface area contributed by atoms with Crippen molar-refractivity contribution in [1.82, 2.24) is 10.9 Å². The summed E-state index contributed by atoms with van der Waals surface area (Å²) in [4.78, 5) is 23.3. The van der Waals surface area contributed by atoms with Crippen LogP contribution in [-0.4, -0.2) is 25.0 Å². The summed E-state index contributed by atoms with van der Waals surface area (Å²) in [5.41, 5.74) is 5.63. The average molecular weight is 363 g/mol. The van der Waals surface area contributed by atoms with E-state index in [0.717, 1.165) is 12.0 Å². The highest BCUT2D eigenvalue weighted by Gasteiger charge is 2.07. The molecule has 6 nitrogen and oxygen atoms in total. The fourth-order valence-electron chi connectivity index (χ4n) is 1.90. The molecule has 0 unspecified atom stereocenters. The van der Waals surface area contributed by atoms with E-state index in [4.69, 9.17) is 21.1 Å².